The lowest BCUT2D eigenvalue weighted by molar-refractivity contribution is -0.187. The molecule has 206 valence electrons. The van der Waals surface area contributed by atoms with Crippen molar-refractivity contribution in [3.05, 3.63) is 53.6 Å². The SMILES string of the molecule is COC(=O)C1CCC(O[C@@H](F)N2CCC[C@H]2C(=O)Cc2ccc3nc(N4CCc5ccccc54)oc3c2)CC1. The van der Waals surface area contributed by atoms with Gasteiger partial charge in [0.05, 0.1) is 25.2 Å². The Morgan fingerprint density at radius 2 is 1.92 bits per heavy atom. The van der Waals surface area contributed by atoms with Crippen molar-refractivity contribution in [3.63, 3.8) is 0 Å². The van der Waals surface area contributed by atoms with Crippen LogP contribution < -0.4 is 4.90 Å². The number of halogens is 1. The number of Topliss-reactive ketones (excluding diaryl/α,β-unsaturated/α-hetero) is 1. The molecule has 8 nitrogen and oxygen atoms in total. The van der Waals surface area contributed by atoms with Crippen LogP contribution in [-0.2, 0) is 31.9 Å². The zero-order valence-corrected chi connectivity index (χ0v) is 22.2. The molecule has 1 saturated heterocycles. The smallest absolute Gasteiger partial charge is 0.308 e. The Hall–Kier alpha value is -3.30. The molecule has 0 unspecified atom stereocenters. The van der Waals surface area contributed by atoms with E-state index in [9.17, 15) is 9.59 Å². The van der Waals surface area contributed by atoms with Gasteiger partial charge in [-0.3, -0.25) is 14.5 Å². The Kier molecular flexibility index (Phi) is 7.36. The Bertz CT molecular complexity index is 1350. The maximum Gasteiger partial charge on any atom is 0.308 e. The largest absolute Gasteiger partial charge is 0.469 e. The fraction of sp³-hybridized carbons (Fsp3) is 0.500. The van der Waals surface area contributed by atoms with Crippen LogP contribution in [0.5, 0.6) is 0 Å². The van der Waals surface area contributed by atoms with Crippen LogP contribution in [0.3, 0.4) is 0 Å². The summed E-state index contributed by atoms with van der Waals surface area (Å²) in [7, 11) is 1.39. The van der Waals surface area contributed by atoms with Gasteiger partial charge >= 0.3 is 12.0 Å². The van der Waals surface area contributed by atoms with Gasteiger partial charge in [-0.05, 0) is 74.3 Å². The summed E-state index contributed by atoms with van der Waals surface area (Å²) in [5.74, 6) is -0.379. The number of ether oxygens (including phenoxy) is 2. The summed E-state index contributed by atoms with van der Waals surface area (Å²) in [6, 6.07) is 13.9. The Balaban J connectivity index is 1.08. The predicted octanol–water partition coefficient (Wildman–Crippen LogP) is 5.10. The number of fused-ring (bicyclic) bond motifs is 2. The van der Waals surface area contributed by atoms with Crippen LogP contribution in [0.25, 0.3) is 11.1 Å². The van der Waals surface area contributed by atoms with Crippen LogP contribution >= 0.6 is 0 Å². The molecule has 3 aliphatic rings. The van der Waals surface area contributed by atoms with Gasteiger partial charge < -0.3 is 13.9 Å². The van der Waals surface area contributed by atoms with E-state index in [2.05, 4.69) is 22.0 Å². The van der Waals surface area contributed by atoms with Crippen molar-refractivity contribution >= 4 is 34.6 Å². The highest BCUT2D eigenvalue weighted by atomic mass is 19.1. The van der Waals surface area contributed by atoms with Crippen molar-refractivity contribution in [2.24, 2.45) is 5.92 Å². The first-order chi connectivity index (χ1) is 19.0. The normalized spacial score (nSPS) is 24.2. The number of likely N-dealkylation sites (tertiary alicyclic amines) is 1. The second-order valence-corrected chi connectivity index (χ2v) is 10.8. The number of esters is 1. The molecular weight excluding hydrogens is 501 g/mol. The van der Waals surface area contributed by atoms with Crippen molar-refractivity contribution in [2.45, 2.75) is 70.0 Å². The van der Waals surface area contributed by atoms with E-state index in [1.807, 2.05) is 30.3 Å². The summed E-state index contributed by atoms with van der Waals surface area (Å²) in [6.45, 7) is -0.339. The lowest BCUT2D eigenvalue weighted by Crippen LogP contribution is -2.44. The molecule has 2 aliphatic heterocycles. The van der Waals surface area contributed by atoms with Crippen molar-refractivity contribution < 1.29 is 27.9 Å². The molecule has 1 aliphatic carbocycles. The number of carbonyl (C=O) groups excluding carboxylic acids is 2. The third-order valence-electron chi connectivity index (χ3n) is 8.38. The second-order valence-electron chi connectivity index (χ2n) is 10.8. The molecular formula is C30H34FN3O5. The molecule has 1 aromatic heterocycles. The molecule has 6 rings (SSSR count). The number of hydrogen-bond acceptors (Lipinski definition) is 8. The minimum absolute atomic E-state index is 0.0271. The third kappa shape index (κ3) is 5.30. The summed E-state index contributed by atoms with van der Waals surface area (Å²) in [4.78, 5) is 33.4. The number of para-hydroxylation sites is 1. The maximum atomic E-state index is 15.3. The van der Waals surface area contributed by atoms with Crippen LogP contribution in [0.15, 0.2) is 46.9 Å². The van der Waals surface area contributed by atoms with E-state index in [0.29, 0.717) is 50.2 Å². The second kappa shape index (κ2) is 11.1. The van der Waals surface area contributed by atoms with E-state index in [4.69, 9.17) is 13.9 Å². The van der Waals surface area contributed by atoms with Crippen LogP contribution in [0.4, 0.5) is 16.1 Å². The molecule has 2 aromatic carbocycles. The van der Waals surface area contributed by atoms with Gasteiger partial charge in [0.15, 0.2) is 11.4 Å². The first-order valence-electron chi connectivity index (χ1n) is 13.9. The third-order valence-corrected chi connectivity index (χ3v) is 8.38. The van der Waals surface area contributed by atoms with Crippen molar-refractivity contribution in [1.82, 2.24) is 9.88 Å². The summed E-state index contributed by atoms with van der Waals surface area (Å²) < 4.78 is 31.9. The molecule has 2 atom stereocenters. The van der Waals surface area contributed by atoms with E-state index in [1.54, 1.807) is 4.90 Å². The Labute approximate surface area is 227 Å². The Morgan fingerprint density at radius 1 is 1.10 bits per heavy atom. The summed E-state index contributed by atoms with van der Waals surface area (Å²) in [5, 5.41) is 0. The average Bonchev–Trinajstić information content (AvgIpc) is 3.70. The summed E-state index contributed by atoms with van der Waals surface area (Å²) >= 11 is 0. The molecule has 2 fully saturated rings. The number of hydrogen-bond donors (Lipinski definition) is 0. The molecule has 0 amide bonds. The monoisotopic (exact) mass is 535 g/mol. The van der Waals surface area contributed by atoms with E-state index < -0.39 is 12.5 Å². The number of rotatable bonds is 8. The number of methoxy groups -OCH3 is 1. The van der Waals surface area contributed by atoms with Crippen LogP contribution in [-0.4, -0.2) is 60.5 Å². The van der Waals surface area contributed by atoms with Crippen LogP contribution in [0.1, 0.15) is 49.7 Å². The van der Waals surface area contributed by atoms with Crippen molar-refractivity contribution in [1.29, 1.82) is 0 Å². The fourth-order valence-corrected chi connectivity index (χ4v) is 6.25. The molecule has 9 heteroatoms. The van der Waals surface area contributed by atoms with Gasteiger partial charge in [-0.1, -0.05) is 24.3 Å². The van der Waals surface area contributed by atoms with Gasteiger partial charge in [0, 0.05) is 25.2 Å². The van der Waals surface area contributed by atoms with E-state index >= 15 is 4.39 Å². The number of alkyl halides is 1. The van der Waals surface area contributed by atoms with Crippen LogP contribution in [0.2, 0.25) is 0 Å². The first-order valence-corrected chi connectivity index (χ1v) is 13.9. The topological polar surface area (TPSA) is 85.1 Å². The van der Waals surface area contributed by atoms with Gasteiger partial charge in [0.1, 0.15) is 5.52 Å². The molecule has 1 saturated carbocycles. The maximum absolute atomic E-state index is 15.3. The van der Waals surface area contributed by atoms with E-state index in [0.717, 1.165) is 36.2 Å². The molecule has 0 radical (unpaired) electrons. The predicted molar refractivity (Wildman–Crippen MR) is 143 cm³/mol. The number of benzene rings is 2. The lowest BCUT2D eigenvalue weighted by Gasteiger charge is -2.32. The number of anilines is 2. The van der Waals surface area contributed by atoms with Gasteiger partial charge in [0.2, 0.25) is 0 Å². The molecule has 0 bridgehead atoms. The number of nitrogens with zero attached hydrogens (tertiary/aromatic N) is 3. The molecule has 39 heavy (non-hydrogen) atoms. The minimum Gasteiger partial charge on any atom is -0.469 e. The zero-order chi connectivity index (χ0) is 26.9. The molecule has 3 heterocycles. The highest BCUT2D eigenvalue weighted by Gasteiger charge is 2.38. The van der Waals surface area contributed by atoms with Gasteiger partial charge in [-0.15, -0.1) is 0 Å². The molecule has 0 spiro atoms. The van der Waals surface area contributed by atoms with Gasteiger partial charge in [0.25, 0.3) is 6.48 Å². The lowest BCUT2D eigenvalue weighted by atomic mass is 9.87. The van der Waals surface area contributed by atoms with Crippen molar-refractivity contribution in [2.75, 3.05) is 25.1 Å². The number of oxazole rings is 1. The van der Waals surface area contributed by atoms with E-state index in [1.165, 1.54) is 12.7 Å². The number of carbonyl (C=O) groups is 2. The van der Waals surface area contributed by atoms with Crippen molar-refractivity contribution in [3.8, 4) is 0 Å². The summed E-state index contributed by atoms with van der Waals surface area (Å²) in [6.07, 6.45) is 4.70. The standard InChI is InChI=1S/C30H34FN3O5/c1-37-28(36)21-9-11-22(12-10-21)38-29(31)33-15-4-7-25(33)26(35)17-19-8-13-23-27(18-19)39-30(32-23)34-16-14-20-5-2-3-6-24(20)34/h2-3,5-6,8,13,18,21-22,25,29H,4,7,9-12,14-17H2,1H3/t21?,22?,25-,29-/m0/s1. The minimum atomic E-state index is -1.64. The zero-order valence-electron chi connectivity index (χ0n) is 22.2. The first kappa shape index (κ1) is 26.0. The molecule has 3 aromatic rings. The summed E-state index contributed by atoms with van der Waals surface area (Å²) in [5.41, 5.74) is 4.59. The molecule has 0 N–H and O–H groups in total. The quantitative estimate of drug-likeness (QED) is 0.291. The Morgan fingerprint density at radius 3 is 2.74 bits per heavy atom. The fourth-order valence-electron chi connectivity index (χ4n) is 6.25. The number of aromatic nitrogens is 1. The average molecular weight is 536 g/mol. The highest BCUT2D eigenvalue weighted by molar-refractivity contribution is 5.87. The van der Waals surface area contributed by atoms with Gasteiger partial charge in [-0.2, -0.15) is 9.37 Å². The number of ketones is 1. The highest BCUT2D eigenvalue weighted by Crippen LogP contribution is 2.36. The van der Waals surface area contributed by atoms with Crippen LogP contribution in [0, 0.1) is 5.92 Å². The van der Waals surface area contributed by atoms with E-state index in [-0.39, 0.29) is 30.2 Å². The van der Waals surface area contributed by atoms with Gasteiger partial charge in [-0.25, -0.2) is 4.90 Å².